The topological polar surface area (TPSA) is 70.3 Å². The highest BCUT2D eigenvalue weighted by Gasteiger charge is 2.36. The lowest BCUT2D eigenvalue weighted by atomic mass is 9.95. The number of anilines is 1. The fourth-order valence-corrected chi connectivity index (χ4v) is 2.22. The summed E-state index contributed by atoms with van der Waals surface area (Å²) in [6.07, 6.45) is -1.59. The number of hydrogen-bond donors (Lipinski definition) is 1. The molecule has 0 bridgehead atoms. The molecule has 2 rings (SSSR count). The van der Waals surface area contributed by atoms with Crippen LogP contribution in [0, 0.1) is 0 Å². The molecular weight excluding hydrogens is 275 g/mol. The molecule has 5 nitrogen and oxygen atoms in total. The summed E-state index contributed by atoms with van der Waals surface area (Å²) in [7, 11) is 1.61. The third-order valence-electron chi connectivity index (χ3n) is 3.17. The number of methoxy groups -OCH3 is 1. The number of halogens is 3. The van der Waals surface area contributed by atoms with Crippen LogP contribution in [0.1, 0.15) is 31.5 Å². The Morgan fingerprint density at radius 1 is 1.25 bits per heavy atom. The molecular formula is C12H16F3N3O2. The summed E-state index contributed by atoms with van der Waals surface area (Å²) in [6, 6.07) is 1.20. The predicted molar refractivity (Wildman–Crippen MR) is 65.1 cm³/mol. The van der Waals surface area contributed by atoms with E-state index in [9.17, 15) is 13.2 Å². The van der Waals surface area contributed by atoms with Gasteiger partial charge in [-0.15, -0.1) is 0 Å². The second kappa shape index (κ2) is 5.82. The lowest BCUT2D eigenvalue weighted by Crippen LogP contribution is -2.30. The van der Waals surface area contributed by atoms with Crippen molar-refractivity contribution in [3.8, 4) is 5.88 Å². The Morgan fingerprint density at radius 3 is 2.60 bits per heavy atom. The summed E-state index contributed by atoms with van der Waals surface area (Å²) < 4.78 is 48.5. The van der Waals surface area contributed by atoms with Crippen LogP contribution >= 0.6 is 0 Å². The number of nitrogens with zero attached hydrogens (tertiary/aromatic N) is 2. The normalized spacial score (nSPS) is 23.6. The number of ether oxygens (including phenoxy) is 2. The van der Waals surface area contributed by atoms with Gasteiger partial charge in [0.25, 0.3) is 0 Å². The van der Waals surface area contributed by atoms with Gasteiger partial charge in [0, 0.05) is 19.6 Å². The second-order valence-corrected chi connectivity index (χ2v) is 4.72. The van der Waals surface area contributed by atoms with Crippen LogP contribution in [0.3, 0.4) is 0 Å². The molecule has 1 saturated carbocycles. The van der Waals surface area contributed by atoms with E-state index < -0.39 is 12.0 Å². The van der Waals surface area contributed by atoms with Crippen molar-refractivity contribution in [2.45, 2.75) is 44.1 Å². The van der Waals surface area contributed by atoms with E-state index in [2.05, 4.69) is 9.97 Å². The summed E-state index contributed by atoms with van der Waals surface area (Å²) in [4.78, 5) is 6.54. The second-order valence-electron chi connectivity index (χ2n) is 4.72. The Kier molecular flexibility index (Phi) is 4.32. The molecule has 112 valence electrons. The van der Waals surface area contributed by atoms with Crippen LogP contribution in [0.5, 0.6) is 5.88 Å². The largest absolute Gasteiger partial charge is 0.474 e. The zero-order valence-electron chi connectivity index (χ0n) is 11.0. The fraction of sp³-hybridized carbons (Fsp3) is 0.667. The van der Waals surface area contributed by atoms with Crippen LogP contribution in [0.15, 0.2) is 6.07 Å². The molecule has 2 N–H and O–H groups in total. The third-order valence-corrected chi connectivity index (χ3v) is 3.17. The molecule has 1 aliphatic rings. The molecule has 0 aliphatic heterocycles. The van der Waals surface area contributed by atoms with Gasteiger partial charge in [0.15, 0.2) is 0 Å². The summed E-state index contributed by atoms with van der Waals surface area (Å²) in [5.41, 5.74) is 5.36. The third kappa shape index (κ3) is 3.72. The summed E-state index contributed by atoms with van der Waals surface area (Å²) in [6.45, 7) is 0. The van der Waals surface area contributed by atoms with Crippen LogP contribution in [0.4, 0.5) is 19.0 Å². The first-order valence-corrected chi connectivity index (χ1v) is 6.29. The molecule has 8 heteroatoms. The van der Waals surface area contributed by atoms with Crippen molar-refractivity contribution in [3.05, 3.63) is 11.9 Å². The minimum atomic E-state index is -4.64. The number of nitrogens with two attached hydrogens (primary N) is 1. The Balaban J connectivity index is 2.11. The quantitative estimate of drug-likeness (QED) is 0.926. The maximum absolute atomic E-state index is 12.6. The minimum Gasteiger partial charge on any atom is -0.474 e. The lowest BCUT2D eigenvalue weighted by molar-refractivity contribution is -0.145. The maximum Gasteiger partial charge on any atom is 0.451 e. The van der Waals surface area contributed by atoms with E-state index in [-0.39, 0.29) is 23.9 Å². The monoisotopic (exact) mass is 291 g/mol. The highest BCUT2D eigenvalue weighted by Crippen LogP contribution is 2.30. The number of rotatable bonds is 3. The van der Waals surface area contributed by atoms with E-state index in [1.807, 2.05) is 0 Å². The highest BCUT2D eigenvalue weighted by atomic mass is 19.4. The molecule has 1 heterocycles. The number of nitrogen functional groups attached to an aromatic ring is 1. The van der Waals surface area contributed by atoms with Crippen molar-refractivity contribution in [1.29, 1.82) is 0 Å². The Bertz CT molecular complexity index is 468. The molecule has 0 spiro atoms. The van der Waals surface area contributed by atoms with E-state index in [0.29, 0.717) is 6.42 Å². The number of hydrogen-bond acceptors (Lipinski definition) is 5. The SMILES string of the molecule is COC1CCCC(Oc2cc(N)nc(C(F)(F)F)n2)C1. The molecule has 2 atom stereocenters. The Morgan fingerprint density at radius 2 is 1.95 bits per heavy atom. The van der Waals surface area contributed by atoms with Crippen molar-refractivity contribution in [3.63, 3.8) is 0 Å². The molecule has 20 heavy (non-hydrogen) atoms. The van der Waals surface area contributed by atoms with Crippen LogP contribution in [-0.2, 0) is 10.9 Å². The van der Waals surface area contributed by atoms with Crippen molar-refractivity contribution < 1.29 is 22.6 Å². The zero-order valence-corrected chi connectivity index (χ0v) is 11.0. The van der Waals surface area contributed by atoms with Crippen molar-refractivity contribution >= 4 is 5.82 Å². The molecule has 1 fully saturated rings. The summed E-state index contributed by atoms with van der Waals surface area (Å²) in [5.74, 6) is -1.69. The first-order valence-electron chi connectivity index (χ1n) is 6.29. The van der Waals surface area contributed by atoms with Gasteiger partial charge in [0.05, 0.1) is 6.10 Å². The van der Waals surface area contributed by atoms with Gasteiger partial charge < -0.3 is 15.2 Å². The van der Waals surface area contributed by atoms with Crippen LogP contribution in [0.25, 0.3) is 0 Å². The zero-order chi connectivity index (χ0) is 14.8. The van der Waals surface area contributed by atoms with Gasteiger partial charge in [-0.25, -0.2) is 4.98 Å². The van der Waals surface area contributed by atoms with Crippen molar-refractivity contribution in [2.75, 3.05) is 12.8 Å². The molecule has 1 aromatic rings. The van der Waals surface area contributed by atoms with Crippen LogP contribution in [-0.4, -0.2) is 29.3 Å². The molecule has 0 saturated heterocycles. The number of alkyl halides is 3. The smallest absolute Gasteiger partial charge is 0.451 e. The molecule has 2 unspecified atom stereocenters. The van der Waals surface area contributed by atoms with Gasteiger partial charge in [-0.05, 0) is 19.3 Å². The summed E-state index contributed by atoms with van der Waals surface area (Å²) >= 11 is 0. The van der Waals surface area contributed by atoms with Gasteiger partial charge in [-0.1, -0.05) is 0 Å². The highest BCUT2D eigenvalue weighted by molar-refractivity contribution is 5.33. The lowest BCUT2D eigenvalue weighted by Gasteiger charge is -2.28. The Hall–Kier alpha value is -1.57. The predicted octanol–water partition coefficient (Wildman–Crippen LogP) is 2.41. The fourth-order valence-electron chi connectivity index (χ4n) is 2.22. The van der Waals surface area contributed by atoms with Crippen molar-refractivity contribution in [2.24, 2.45) is 0 Å². The van der Waals surface area contributed by atoms with Crippen LogP contribution < -0.4 is 10.5 Å². The molecule has 0 aromatic carbocycles. The molecule has 0 radical (unpaired) electrons. The molecule has 1 aromatic heterocycles. The van der Waals surface area contributed by atoms with E-state index >= 15 is 0 Å². The van der Waals surface area contributed by atoms with Crippen molar-refractivity contribution in [1.82, 2.24) is 9.97 Å². The number of aromatic nitrogens is 2. The summed E-state index contributed by atoms with van der Waals surface area (Å²) in [5, 5.41) is 0. The molecule has 0 amide bonds. The Labute approximate surface area is 114 Å². The standard InChI is InChI=1S/C12H16F3N3O2/c1-19-7-3-2-4-8(5-7)20-10-6-9(16)17-11(18-10)12(13,14)15/h6-8H,2-5H2,1H3,(H2,16,17,18). The van der Waals surface area contributed by atoms with Gasteiger partial charge in [-0.2, -0.15) is 18.2 Å². The molecule has 1 aliphatic carbocycles. The minimum absolute atomic E-state index is 0.0648. The van der Waals surface area contributed by atoms with E-state index in [1.165, 1.54) is 6.07 Å². The van der Waals surface area contributed by atoms with E-state index in [0.717, 1.165) is 19.3 Å². The van der Waals surface area contributed by atoms with Crippen LogP contribution in [0.2, 0.25) is 0 Å². The average molecular weight is 291 g/mol. The first kappa shape index (κ1) is 14.8. The van der Waals surface area contributed by atoms with Gasteiger partial charge >= 0.3 is 6.18 Å². The van der Waals surface area contributed by atoms with Gasteiger partial charge in [-0.3, -0.25) is 0 Å². The average Bonchev–Trinajstić information content (AvgIpc) is 2.37. The first-order chi connectivity index (χ1) is 9.38. The van der Waals surface area contributed by atoms with Gasteiger partial charge in [0.1, 0.15) is 11.9 Å². The maximum atomic E-state index is 12.6. The van der Waals surface area contributed by atoms with E-state index in [1.54, 1.807) is 7.11 Å². The van der Waals surface area contributed by atoms with Gasteiger partial charge in [0.2, 0.25) is 11.7 Å². The van der Waals surface area contributed by atoms with E-state index in [4.69, 9.17) is 15.2 Å².